The normalized spacial score (nSPS) is 20.6. The molecule has 1 aliphatic rings. The molecule has 1 atom stereocenters. The summed E-state index contributed by atoms with van der Waals surface area (Å²) in [6.45, 7) is 4.29. The summed E-state index contributed by atoms with van der Waals surface area (Å²) in [5, 5.41) is 3.51. The summed E-state index contributed by atoms with van der Waals surface area (Å²) in [6.07, 6.45) is 6.68. The first-order valence-corrected chi connectivity index (χ1v) is 5.32. The third kappa shape index (κ3) is 1.82. The maximum atomic E-state index is 3.51. The fourth-order valence-corrected chi connectivity index (χ4v) is 1.97. The number of fused-ring (bicyclic) bond motifs is 1. The zero-order valence-corrected chi connectivity index (χ0v) is 8.88. The van der Waals surface area contributed by atoms with Crippen molar-refractivity contribution >= 4 is 11.8 Å². The van der Waals surface area contributed by atoms with E-state index in [0.717, 1.165) is 0 Å². The van der Waals surface area contributed by atoms with Crippen molar-refractivity contribution in [3.8, 4) is 0 Å². The molecule has 1 N–H and O–H groups in total. The second kappa shape index (κ2) is 3.87. The molecule has 0 amide bonds. The SMILES string of the molecule is C/C=C/c1ccc2c(c1)CCC(C)N2. The first kappa shape index (κ1) is 9.32. The van der Waals surface area contributed by atoms with E-state index < -0.39 is 0 Å². The van der Waals surface area contributed by atoms with Crippen molar-refractivity contribution in [3.05, 3.63) is 35.4 Å². The Morgan fingerprint density at radius 3 is 3.07 bits per heavy atom. The molecule has 0 saturated heterocycles. The molecule has 0 fully saturated rings. The van der Waals surface area contributed by atoms with Crippen LogP contribution in [0, 0.1) is 0 Å². The highest BCUT2D eigenvalue weighted by Gasteiger charge is 2.13. The van der Waals surface area contributed by atoms with Gasteiger partial charge in [-0.05, 0) is 49.9 Å². The molecule has 1 unspecified atom stereocenters. The first-order valence-electron chi connectivity index (χ1n) is 5.32. The number of hydrogen-bond acceptors (Lipinski definition) is 1. The molecule has 1 heterocycles. The van der Waals surface area contributed by atoms with Crippen molar-refractivity contribution in [3.63, 3.8) is 0 Å². The van der Waals surface area contributed by atoms with Crippen LogP contribution < -0.4 is 5.32 Å². The Labute approximate surface area is 85.8 Å². The average molecular weight is 187 g/mol. The molecule has 74 valence electrons. The van der Waals surface area contributed by atoms with Gasteiger partial charge in [-0.25, -0.2) is 0 Å². The Hall–Kier alpha value is -1.24. The van der Waals surface area contributed by atoms with Crippen LogP contribution in [0.15, 0.2) is 24.3 Å². The van der Waals surface area contributed by atoms with Gasteiger partial charge in [0.2, 0.25) is 0 Å². The largest absolute Gasteiger partial charge is 0.382 e. The molecule has 14 heavy (non-hydrogen) atoms. The predicted octanol–water partition coefficient (Wildman–Crippen LogP) is 3.47. The van der Waals surface area contributed by atoms with Crippen LogP contribution in [0.25, 0.3) is 6.08 Å². The van der Waals surface area contributed by atoms with Gasteiger partial charge in [-0.2, -0.15) is 0 Å². The van der Waals surface area contributed by atoms with E-state index in [1.165, 1.54) is 29.7 Å². The second-order valence-corrected chi connectivity index (χ2v) is 4.00. The summed E-state index contributed by atoms with van der Waals surface area (Å²) in [4.78, 5) is 0. The molecule has 0 spiro atoms. The quantitative estimate of drug-likeness (QED) is 0.710. The van der Waals surface area contributed by atoms with E-state index in [2.05, 4.69) is 49.5 Å². The zero-order valence-electron chi connectivity index (χ0n) is 8.88. The molecular weight excluding hydrogens is 170 g/mol. The van der Waals surface area contributed by atoms with Crippen molar-refractivity contribution < 1.29 is 0 Å². The monoisotopic (exact) mass is 187 g/mol. The Morgan fingerprint density at radius 1 is 1.43 bits per heavy atom. The van der Waals surface area contributed by atoms with Gasteiger partial charge in [-0.3, -0.25) is 0 Å². The smallest absolute Gasteiger partial charge is 0.0375 e. The summed E-state index contributed by atoms with van der Waals surface area (Å²) in [5.74, 6) is 0. The Balaban J connectivity index is 2.31. The third-order valence-electron chi connectivity index (χ3n) is 2.74. The van der Waals surface area contributed by atoms with Gasteiger partial charge in [0.25, 0.3) is 0 Å². The average Bonchev–Trinajstić information content (AvgIpc) is 2.19. The predicted molar refractivity (Wildman–Crippen MR) is 62.6 cm³/mol. The van der Waals surface area contributed by atoms with Crippen molar-refractivity contribution in [2.45, 2.75) is 32.7 Å². The van der Waals surface area contributed by atoms with Gasteiger partial charge in [0.15, 0.2) is 0 Å². The van der Waals surface area contributed by atoms with Crippen molar-refractivity contribution in [1.29, 1.82) is 0 Å². The van der Waals surface area contributed by atoms with Gasteiger partial charge in [-0.1, -0.05) is 18.2 Å². The molecule has 1 aromatic carbocycles. The molecule has 1 aromatic rings. The first-order chi connectivity index (χ1) is 6.79. The minimum Gasteiger partial charge on any atom is -0.382 e. The van der Waals surface area contributed by atoms with Gasteiger partial charge in [0, 0.05) is 11.7 Å². The van der Waals surface area contributed by atoms with E-state index in [0.29, 0.717) is 6.04 Å². The van der Waals surface area contributed by atoms with E-state index >= 15 is 0 Å². The van der Waals surface area contributed by atoms with Crippen LogP contribution >= 0.6 is 0 Å². The minimum atomic E-state index is 0.620. The Kier molecular flexibility index (Phi) is 2.58. The maximum Gasteiger partial charge on any atom is 0.0375 e. The van der Waals surface area contributed by atoms with E-state index in [1.54, 1.807) is 0 Å². The lowest BCUT2D eigenvalue weighted by molar-refractivity contribution is 0.681. The lowest BCUT2D eigenvalue weighted by Crippen LogP contribution is -2.21. The van der Waals surface area contributed by atoms with Gasteiger partial charge in [0.1, 0.15) is 0 Å². The van der Waals surface area contributed by atoms with Gasteiger partial charge in [-0.15, -0.1) is 0 Å². The number of anilines is 1. The van der Waals surface area contributed by atoms with Crippen LogP contribution in [-0.2, 0) is 6.42 Å². The number of rotatable bonds is 1. The standard InChI is InChI=1S/C13H17N/c1-3-4-11-6-8-13-12(9-11)7-5-10(2)14-13/h3-4,6,8-10,14H,5,7H2,1-2H3/b4-3+. The molecule has 0 radical (unpaired) electrons. The summed E-state index contributed by atoms with van der Waals surface area (Å²) < 4.78 is 0. The summed E-state index contributed by atoms with van der Waals surface area (Å²) in [5.41, 5.74) is 4.08. The highest BCUT2D eigenvalue weighted by molar-refractivity contribution is 5.61. The van der Waals surface area contributed by atoms with E-state index in [9.17, 15) is 0 Å². The Morgan fingerprint density at radius 2 is 2.29 bits per heavy atom. The van der Waals surface area contributed by atoms with Crippen LogP contribution in [0.4, 0.5) is 5.69 Å². The fourth-order valence-electron chi connectivity index (χ4n) is 1.97. The van der Waals surface area contributed by atoms with E-state index in [1.807, 2.05) is 0 Å². The molecule has 1 heteroatoms. The molecule has 1 aliphatic heterocycles. The lowest BCUT2D eigenvalue weighted by Gasteiger charge is -2.24. The van der Waals surface area contributed by atoms with Crippen LogP contribution in [0.1, 0.15) is 31.4 Å². The number of allylic oxidation sites excluding steroid dienone is 1. The van der Waals surface area contributed by atoms with Gasteiger partial charge >= 0.3 is 0 Å². The number of benzene rings is 1. The summed E-state index contributed by atoms with van der Waals surface area (Å²) in [6, 6.07) is 7.27. The minimum absolute atomic E-state index is 0.620. The number of nitrogens with one attached hydrogen (secondary N) is 1. The summed E-state index contributed by atoms with van der Waals surface area (Å²) in [7, 11) is 0. The maximum absolute atomic E-state index is 3.51. The zero-order chi connectivity index (χ0) is 9.97. The van der Waals surface area contributed by atoms with Crippen molar-refractivity contribution in [2.75, 3.05) is 5.32 Å². The van der Waals surface area contributed by atoms with Gasteiger partial charge in [0.05, 0.1) is 0 Å². The molecule has 0 aromatic heterocycles. The van der Waals surface area contributed by atoms with Crippen molar-refractivity contribution in [2.24, 2.45) is 0 Å². The van der Waals surface area contributed by atoms with E-state index in [-0.39, 0.29) is 0 Å². The van der Waals surface area contributed by atoms with Crippen LogP contribution in [0.5, 0.6) is 0 Å². The lowest BCUT2D eigenvalue weighted by atomic mass is 9.97. The Bertz CT molecular complexity index is 352. The van der Waals surface area contributed by atoms with Crippen LogP contribution in [0.2, 0.25) is 0 Å². The molecule has 0 aliphatic carbocycles. The molecule has 0 bridgehead atoms. The number of hydrogen-bond donors (Lipinski definition) is 1. The van der Waals surface area contributed by atoms with Crippen LogP contribution in [-0.4, -0.2) is 6.04 Å². The highest BCUT2D eigenvalue weighted by atomic mass is 14.9. The van der Waals surface area contributed by atoms with E-state index in [4.69, 9.17) is 0 Å². The highest BCUT2D eigenvalue weighted by Crippen LogP contribution is 2.25. The number of aryl methyl sites for hydroxylation is 1. The van der Waals surface area contributed by atoms with Gasteiger partial charge < -0.3 is 5.32 Å². The second-order valence-electron chi connectivity index (χ2n) is 4.00. The molecule has 0 saturated carbocycles. The van der Waals surface area contributed by atoms with Crippen molar-refractivity contribution in [1.82, 2.24) is 0 Å². The molecule has 2 rings (SSSR count). The molecular formula is C13H17N. The third-order valence-corrected chi connectivity index (χ3v) is 2.74. The fraction of sp³-hybridized carbons (Fsp3) is 0.385. The topological polar surface area (TPSA) is 12.0 Å². The molecule has 1 nitrogen and oxygen atoms in total. The summed E-state index contributed by atoms with van der Waals surface area (Å²) >= 11 is 0. The van der Waals surface area contributed by atoms with Crippen LogP contribution in [0.3, 0.4) is 0 Å².